The Kier molecular flexibility index (Phi) is 3.94. The van der Waals surface area contributed by atoms with Gasteiger partial charge in [0.1, 0.15) is 34.9 Å². The summed E-state index contributed by atoms with van der Waals surface area (Å²) >= 11 is 0. The van der Waals surface area contributed by atoms with Gasteiger partial charge in [-0.1, -0.05) is 12.1 Å². The number of para-hydroxylation sites is 1. The third-order valence-electron chi connectivity index (χ3n) is 3.02. The third kappa shape index (κ3) is 3.14. The van der Waals surface area contributed by atoms with Crippen molar-refractivity contribution in [2.45, 2.75) is 4.90 Å². The molecule has 23 heavy (non-hydrogen) atoms. The van der Waals surface area contributed by atoms with Crippen LogP contribution >= 0.6 is 0 Å². The number of aromatic nitrogens is 4. The van der Waals surface area contributed by atoms with E-state index in [0.717, 1.165) is 0 Å². The van der Waals surface area contributed by atoms with Crippen LogP contribution in [0.25, 0.3) is 5.82 Å². The van der Waals surface area contributed by atoms with Crippen molar-refractivity contribution in [3.05, 3.63) is 55.4 Å². The largest absolute Gasteiger partial charge is 0.495 e. The summed E-state index contributed by atoms with van der Waals surface area (Å²) < 4.78 is 34.2. The zero-order chi connectivity index (χ0) is 16.3. The summed E-state index contributed by atoms with van der Waals surface area (Å²) in [5.41, 5.74) is 0. The molecule has 9 heteroatoms. The molecule has 0 bridgehead atoms. The van der Waals surface area contributed by atoms with Crippen molar-refractivity contribution in [2.75, 3.05) is 11.8 Å². The molecule has 0 atom stereocenters. The number of methoxy groups -OCH3 is 1. The van der Waals surface area contributed by atoms with E-state index in [1.54, 1.807) is 41.5 Å². The number of nitrogens with zero attached hydrogens (tertiary/aromatic N) is 4. The first-order chi connectivity index (χ1) is 11.1. The molecule has 0 fully saturated rings. The molecule has 0 aliphatic rings. The van der Waals surface area contributed by atoms with E-state index in [2.05, 4.69) is 19.7 Å². The molecule has 0 spiro atoms. The average Bonchev–Trinajstić information content (AvgIpc) is 3.09. The highest BCUT2D eigenvalue weighted by Gasteiger charge is 2.19. The van der Waals surface area contributed by atoms with Crippen molar-refractivity contribution < 1.29 is 13.2 Å². The van der Waals surface area contributed by atoms with Crippen molar-refractivity contribution in [3.63, 3.8) is 0 Å². The van der Waals surface area contributed by atoms with E-state index in [-0.39, 0.29) is 16.5 Å². The van der Waals surface area contributed by atoms with Crippen LogP contribution in [0, 0.1) is 0 Å². The minimum atomic E-state index is -3.83. The fraction of sp³-hybridized carbons (Fsp3) is 0.0714. The lowest BCUT2D eigenvalue weighted by molar-refractivity contribution is 0.403. The summed E-state index contributed by atoms with van der Waals surface area (Å²) in [5, 5.41) is 0. The highest BCUT2D eigenvalue weighted by molar-refractivity contribution is 7.92. The molecule has 1 aromatic carbocycles. The molecule has 3 rings (SSSR count). The standard InChI is InChI=1S/C14H13N5O3S/c1-22-11-4-2-3-5-12(11)23(20,21)18-13-8-14(17-9-16-13)19-7-6-15-10-19/h2-10H,1H3,(H,16,17,18). The molecule has 0 unspecified atom stereocenters. The van der Waals surface area contributed by atoms with E-state index < -0.39 is 10.0 Å². The van der Waals surface area contributed by atoms with Crippen LogP contribution in [0.2, 0.25) is 0 Å². The number of sulfonamides is 1. The Morgan fingerprint density at radius 2 is 2.04 bits per heavy atom. The molecule has 0 amide bonds. The highest BCUT2D eigenvalue weighted by atomic mass is 32.2. The first-order valence-electron chi connectivity index (χ1n) is 6.56. The molecule has 2 heterocycles. The summed E-state index contributed by atoms with van der Waals surface area (Å²) in [6, 6.07) is 7.85. The molecular formula is C14H13N5O3S. The van der Waals surface area contributed by atoms with Crippen molar-refractivity contribution >= 4 is 15.8 Å². The second-order valence-corrected chi connectivity index (χ2v) is 6.14. The first-order valence-corrected chi connectivity index (χ1v) is 8.05. The SMILES string of the molecule is COc1ccccc1S(=O)(=O)Nc1cc(-n2ccnc2)ncn1. The van der Waals surface area contributed by atoms with E-state index in [4.69, 9.17) is 4.74 Å². The van der Waals surface area contributed by atoms with Crippen molar-refractivity contribution in [1.29, 1.82) is 0 Å². The molecule has 0 saturated heterocycles. The number of imidazole rings is 1. The highest BCUT2D eigenvalue weighted by Crippen LogP contribution is 2.24. The average molecular weight is 331 g/mol. The van der Waals surface area contributed by atoms with Gasteiger partial charge in [0.05, 0.1) is 7.11 Å². The van der Waals surface area contributed by atoms with E-state index >= 15 is 0 Å². The first kappa shape index (κ1) is 15.0. The van der Waals surface area contributed by atoms with Gasteiger partial charge < -0.3 is 4.74 Å². The minimum absolute atomic E-state index is 0.0327. The molecule has 118 valence electrons. The van der Waals surface area contributed by atoms with Gasteiger partial charge in [0.2, 0.25) is 0 Å². The van der Waals surface area contributed by atoms with Gasteiger partial charge in [0.15, 0.2) is 0 Å². The molecule has 0 saturated carbocycles. The third-order valence-corrected chi connectivity index (χ3v) is 4.41. The van der Waals surface area contributed by atoms with E-state index in [0.29, 0.717) is 5.82 Å². The number of hydrogen-bond donors (Lipinski definition) is 1. The van der Waals surface area contributed by atoms with Crippen LogP contribution in [0.5, 0.6) is 5.75 Å². The molecular weight excluding hydrogens is 318 g/mol. The molecule has 0 aliphatic heterocycles. The quantitative estimate of drug-likeness (QED) is 0.760. The Morgan fingerprint density at radius 1 is 1.22 bits per heavy atom. The van der Waals surface area contributed by atoms with Crippen LogP contribution in [0.3, 0.4) is 0 Å². The van der Waals surface area contributed by atoms with Crippen LogP contribution in [0.15, 0.2) is 60.3 Å². The van der Waals surface area contributed by atoms with Gasteiger partial charge in [-0.2, -0.15) is 0 Å². The van der Waals surface area contributed by atoms with Gasteiger partial charge >= 0.3 is 0 Å². The number of hydrogen-bond acceptors (Lipinski definition) is 6. The lowest BCUT2D eigenvalue weighted by Gasteiger charge is -2.11. The van der Waals surface area contributed by atoms with Crippen LogP contribution in [0.4, 0.5) is 5.82 Å². The number of ether oxygens (including phenoxy) is 1. The monoisotopic (exact) mass is 331 g/mol. The molecule has 8 nitrogen and oxygen atoms in total. The summed E-state index contributed by atoms with van der Waals surface area (Å²) in [4.78, 5) is 12.0. The van der Waals surface area contributed by atoms with E-state index in [1.807, 2.05) is 0 Å². The topological polar surface area (TPSA) is 99.0 Å². The Labute approximate surface area is 132 Å². The summed E-state index contributed by atoms with van der Waals surface area (Å²) in [6.07, 6.45) is 6.12. The zero-order valence-electron chi connectivity index (χ0n) is 12.1. The molecule has 2 aromatic heterocycles. The summed E-state index contributed by atoms with van der Waals surface area (Å²) in [7, 11) is -2.42. The van der Waals surface area contributed by atoms with Gasteiger partial charge in [-0.3, -0.25) is 9.29 Å². The Hall–Kier alpha value is -2.94. The fourth-order valence-electron chi connectivity index (χ4n) is 1.97. The predicted octanol–water partition coefficient (Wildman–Crippen LogP) is 1.47. The number of rotatable bonds is 5. The normalized spacial score (nSPS) is 11.2. The zero-order valence-corrected chi connectivity index (χ0v) is 12.9. The van der Waals surface area contributed by atoms with Crippen molar-refractivity contribution in [3.8, 4) is 11.6 Å². The number of anilines is 1. The Balaban J connectivity index is 1.94. The van der Waals surface area contributed by atoms with Gasteiger partial charge in [-0.15, -0.1) is 0 Å². The Bertz CT molecular complexity index is 910. The fourth-order valence-corrected chi connectivity index (χ4v) is 3.14. The molecule has 1 N–H and O–H groups in total. The van der Waals surface area contributed by atoms with Gasteiger partial charge in [-0.25, -0.2) is 23.4 Å². The lowest BCUT2D eigenvalue weighted by atomic mass is 10.3. The van der Waals surface area contributed by atoms with E-state index in [1.165, 1.54) is 25.6 Å². The van der Waals surface area contributed by atoms with Gasteiger partial charge in [-0.05, 0) is 12.1 Å². The van der Waals surface area contributed by atoms with Crippen molar-refractivity contribution in [2.24, 2.45) is 0 Å². The molecule has 3 aromatic rings. The maximum absolute atomic E-state index is 12.5. The van der Waals surface area contributed by atoms with Crippen molar-refractivity contribution in [1.82, 2.24) is 19.5 Å². The van der Waals surface area contributed by atoms with E-state index in [9.17, 15) is 8.42 Å². The number of benzene rings is 1. The smallest absolute Gasteiger partial charge is 0.266 e. The second kappa shape index (κ2) is 6.05. The van der Waals surface area contributed by atoms with Crippen LogP contribution in [-0.2, 0) is 10.0 Å². The summed E-state index contributed by atoms with van der Waals surface area (Å²) in [5.74, 6) is 0.897. The van der Waals surface area contributed by atoms with Gasteiger partial charge in [0, 0.05) is 18.5 Å². The van der Waals surface area contributed by atoms with Crippen LogP contribution in [-0.4, -0.2) is 35.0 Å². The van der Waals surface area contributed by atoms with Crippen LogP contribution in [0.1, 0.15) is 0 Å². The molecule has 0 aliphatic carbocycles. The van der Waals surface area contributed by atoms with Gasteiger partial charge in [0.25, 0.3) is 10.0 Å². The molecule has 0 radical (unpaired) electrons. The summed E-state index contributed by atoms with van der Waals surface area (Å²) in [6.45, 7) is 0. The second-order valence-electron chi connectivity index (χ2n) is 4.49. The predicted molar refractivity (Wildman–Crippen MR) is 83.0 cm³/mol. The maximum atomic E-state index is 12.5. The van der Waals surface area contributed by atoms with Crippen LogP contribution < -0.4 is 9.46 Å². The maximum Gasteiger partial charge on any atom is 0.266 e. The lowest BCUT2D eigenvalue weighted by Crippen LogP contribution is -2.15. The Morgan fingerprint density at radius 3 is 2.78 bits per heavy atom. The number of nitrogens with one attached hydrogen (secondary N) is 1. The minimum Gasteiger partial charge on any atom is -0.495 e.